The topological polar surface area (TPSA) is 67.8 Å². The summed E-state index contributed by atoms with van der Waals surface area (Å²) in [6.45, 7) is 1.04. The highest BCUT2D eigenvalue weighted by Gasteiger charge is 2.20. The van der Waals surface area contributed by atoms with Gasteiger partial charge in [0.25, 0.3) is 0 Å². The summed E-state index contributed by atoms with van der Waals surface area (Å²) in [7, 11) is 0. The highest BCUT2D eigenvalue weighted by Crippen LogP contribution is 2.32. The Bertz CT molecular complexity index is 445. The van der Waals surface area contributed by atoms with Crippen molar-refractivity contribution in [1.29, 1.82) is 0 Å². The zero-order chi connectivity index (χ0) is 13.0. The fraction of sp³-hybridized carbons (Fsp3) is 0.462. The highest BCUT2D eigenvalue weighted by atomic mass is 19.1. The molecule has 0 heterocycles. The van der Waals surface area contributed by atoms with Gasteiger partial charge in [-0.3, -0.25) is 0 Å². The molecule has 5 heteroatoms. The van der Waals surface area contributed by atoms with Gasteiger partial charge in [-0.15, -0.1) is 0 Å². The zero-order valence-corrected chi connectivity index (χ0v) is 10.1. The number of rotatable bonds is 6. The summed E-state index contributed by atoms with van der Waals surface area (Å²) in [4.78, 5) is 0. The van der Waals surface area contributed by atoms with Crippen LogP contribution < -0.4 is 5.73 Å². The summed E-state index contributed by atoms with van der Waals surface area (Å²) in [6, 6.07) is 4.28. The lowest BCUT2D eigenvalue weighted by atomic mass is 10.1. The number of ether oxygens (including phenoxy) is 1. The Labute approximate surface area is 105 Å². The molecule has 1 aromatic rings. The Balaban J connectivity index is 1.91. The largest absolute Gasteiger partial charge is 0.409 e. The first-order valence-corrected chi connectivity index (χ1v) is 6.04. The molecule has 1 fully saturated rings. The molecule has 0 atom stereocenters. The van der Waals surface area contributed by atoms with Gasteiger partial charge in [-0.1, -0.05) is 18.0 Å². The van der Waals surface area contributed by atoms with E-state index in [4.69, 9.17) is 15.7 Å². The molecule has 98 valence electrons. The fourth-order valence-corrected chi connectivity index (χ4v) is 1.79. The maximum Gasteiger partial charge on any atom is 0.170 e. The van der Waals surface area contributed by atoms with Crippen LogP contribution in [0.1, 0.15) is 30.4 Å². The minimum absolute atomic E-state index is 0.103. The third-order valence-corrected chi connectivity index (χ3v) is 3.00. The quantitative estimate of drug-likeness (QED) is 0.268. The molecule has 4 nitrogen and oxygen atoms in total. The van der Waals surface area contributed by atoms with Crippen molar-refractivity contribution in [2.45, 2.75) is 25.9 Å². The summed E-state index contributed by atoms with van der Waals surface area (Å²) in [6.07, 6.45) is 3.68. The molecule has 1 aliphatic carbocycles. The average Bonchev–Trinajstić information content (AvgIpc) is 3.17. The molecule has 0 bridgehead atoms. The monoisotopic (exact) mass is 252 g/mol. The Kier molecular flexibility index (Phi) is 4.15. The van der Waals surface area contributed by atoms with Crippen molar-refractivity contribution >= 4 is 5.84 Å². The lowest BCUT2D eigenvalue weighted by molar-refractivity contribution is 0.115. The Morgan fingerprint density at radius 3 is 2.89 bits per heavy atom. The van der Waals surface area contributed by atoms with Gasteiger partial charge >= 0.3 is 0 Å². The van der Waals surface area contributed by atoms with Gasteiger partial charge in [0.15, 0.2) is 5.84 Å². The molecule has 0 spiro atoms. The molecule has 0 aromatic heterocycles. The SMILES string of the molecule is N/C(=N/O)c1cc(F)cc(COCCC2CC2)c1. The first kappa shape index (κ1) is 12.8. The molecule has 0 aliphatic heterocycles. The van der Waals surface area contributed by atoms with Crippen LogP contribution in [0.4, 0.5) is 4.39 Å². The van der Waals surface area contributed by atoms with E-state index >= 15 is 0 Å². The van der Waals surface area contributed by atoms with E-state index in [1.807, 2.05) is 0 Å². The van der Waals surface area contributed by atoms with Gasteiger partial charge in [-0.2, -0.15) is 0 Å². The van der Waals surface area contributed by atoms with Gasteiger partial charge in [0, 0.05) is 12.2 Å². The third kappa shape index (κ3) is 3.70. The summed E-state index contributed by atoms with van der Waals surface area (Å²) in [5.74, 6) is 0.305. The lowest BCUT2D eigenvalue weighted by Crippen LogP contribution is -2.14. The molecule has 0 radical (unpaired) electrons. The standard InChI is InChI=1S/C13H17FN2O2/c14-12-6-10(5-11(7-12)13(15)16-17)8-18-4-3-9-1-2-9/h5-7,9,17H,1-4,8H2,(H2,15,16). The van der Waals surface area contributed by atoms with Crippen molar-refractivity contribution in [1.82, 2.24) is 0 Å². The van der Waals surface area contributed by atoms with E-state index in [2.05, 4.69) is 5.16 Å². The Hall–Kier alpha value is -1.62. The van der Waals surface area contributed by atoms with Crippen molar-refractivity contribution < 1.29 is 14.3 Å². The van der Waals surface area contributed by atoms with Crippen molar-refractivity contribution in [2.24, 2.45) is 16.8 Å². The summed E-state index contributed by atoms with van der Waals surface area (Å²) >= 11 is 0. The fourth-order valence-electron chi connectivity index (χ4n) is 1.79. The van der Waals surface area contributed by atoms with E-state index in [9.17, 15) is 4.39 Å². The molecular formula is C13H17FN2O2. The molecule has 1 saturated carbocycles. The van der Waals surface area contributed by atoms with Gasteiger partial charge in [0.2, 0.25) is 0 Å². The van der Waals surface area contributed by atoms with E-state index in [0.717, 1.165) is 12.3 Å². The second-order valence-corrected chi connectivity index (χ2v) is 4.62. The highest BCUT2D eigenvalue weighted by molar-refractivity contribution is 5.97. The predicted octanol–water partition coefficient (Wildman–Crippen LogP) is 2.24. The summed E-state index contributed by atoms with van der Waals surface area (Å²) < 4.78 is 18.8. The molecule has 18 heavy (non-hydrogen) atoms. The molecule has 3 N–H and O–H groups in total. The normalized spacial score (nSPS) is 15.9. The third-order valence-electron chi connectivity index (χ3n) is 3.00. The van der Waals surface area contributed by atoms with Gasteiger partial charge in [0.1, 0.15) is 5.82 Å². The maximum absolute atomic E-state index is 13.3. The van der Waals surface area contributed by atoms with Gasteiger partial charge in [-0.25, -0.2) is 4.39 Å². The molecule has 1 aromatic carbocycles. The number of oxime groups is 1. The minimum atomic E-state index is -0.417. The van der Waals surface area contributed by atoms with Crippen molar-refractivity contribution in [3.05, 3.63) is 35.1 Å². The van der Waals surface area contributed by atoms with E-state index in [-0.39, 0.29) is 5.84 Å². The van der Waals surface area contributed by atoms with Crippen molar-refractivity contribution in [3.63, 3.8) is 0 Å². The number of nitrogens with zero attached hydrogens (tertiary/aromatic N) is 1. The smallest absolute Gasteiger partial charge is 0.170 e. The van der Waals surface area contributed by atoms with Crippen molar-refractivity contribution in [2.75, 3.05) is 6.61 Å². The van der Waals surface area contributed by atoms with Crippen LogP contribution in [0.15, 0.2) is 23.4 Å². The van der Waals surface area contributed by atoms with Crippen LogP contribution in [0.3, 0.4) is 0 Å². The van der Waals surface area contributed by atoms with Crippen LogP contribution in [0, 0.1) is 11.7 Å². The number of hydrogen-bond donors (Lipinski definition) is 2. The number of amidine groups is 1. The van der Waals surface area contributed by atoms with E-state index in [1.54, 1.807) is 6.07 Å². The van der Waals surface area contributed by atoms with E-state index in [0.29, 0.717) is 24.3 Å². The average molecular weight is 252 g/mol. The van der Waals surface area contributed by atoms with Crippen LogP contribution in [-0.4, -0.2) is 17.6 Å². The second-order valence-electron chi connectivity index (χ2n) is 4.62. The number of benzene rings is 1. The second kappa shape index (κ2) is 5.82. The molecular weight excluding hydrogens is 235 g/mol. The van der Waals surface area contributed by atoms with E-state index < -0.39 is 5.82 Å². The van der Waals surface area contributed by atoms with Gasteiger partial charge in [-0.05, 0) is 36.1 Å². The first-order chi connectivity index (χ1) is 8.69. The van der Waals surface area contributed by atoms with Crippen LogP contribution in [0.25, 0.3) is 0 Å². The minimum Gasteiger partial charge on any atom is -0.409 e. The molecule has 0 amide bonds. The number of nitrogens with two attached hydrogens (primary N) is 1. The Morgan fingerprint density at radius 1 is 1.44 bits per heavy atom. The van der Waals surface area contributed by atoms with Crippen molar-refractivity contribution in [3.8, 4) is 0 Å². The van der Waals surface area contributed by atoms with E-state index in [1.165, 1.54) is 25.0 Å². The summed E-state index contributed by atoms with van der Waals surface area (Å²) in [5, 5.41) is 11.4. The molecule has 1 aliphatic rings. The molecule has 2 rings (SSSR count). The zero-order valence-electron chi connectivity index (χ0n) is 10.1. The van der Waals surface area contributed by atoms with Gasteiger partial charge in [0.05, 0.1) is 6.61 Å². The number of hydrogen-bond acceptors (Lipinski definition) is 3. The first-order valence-electron chi connectivity index (χ1n) is 6.04. The molecule has 0 saturated heterocycles. The summed E-state index contributed by atoms with van der Waals surface area (Å²) in [5.41, 5.74) is 6.47. The lowest BCUT2D eigenvalue weighted by Gasteiger charge is -2.06. The van der Waals surface area contributed by atoms with Gasteiger partial charge < -0.3 is 15.7 Å². The Morgan fingerprint density at radius 2 is 2.22 bits per heavy atom. The van der Waals surface area contributed by atoms with Crippen LogP contribution in [0.5, 0.6) is 0 Å². The van der Waals surface area contributed by atoms with Crippen LogP contribution in [-0.2, 0) is 11.3 Å². The van der Waals surface area contributed by atoms with Crippen LogP contribution in [0.2, 0.25) is 0 Å². The van der Waals surface area contributed by atoms with Crippen LogP contribution >= 0.6 is 0 Å². The predicted molar refractivity (Wildman–Crippen MR) is 65.9 cm³/mol. The molecule has 0 unspecified atom stereocenters. The maximum atomic E-state index is 13.3. The number of halogens is 1.